The number of likely N-dealkylation sites (tertiary alicyclic amines) is 1. The third-order valence-electron chi connectivity index (χ3n) is 6.73. The summed E-state index contributed by atoms with van der Waals surface area (Å²) in [6.07, 6.45) is 7.74. The van der Waals surface area contributed by atoms with Gasteiger partial charge < -0.3 is 14.4 Å². The van der Waals surface area contributed by atoms with Crippen LogP contribution in [0.15, 0.2) is 67.0 Å². The zero-order valence-corrected chi connectivity index (χ0v) is 19.9. The maximum Gasteiger partial charge on any atom is 0.253 e. The number of hydrogen-bond donors (Lipinski definition) is 1. The van der Waals surface area contributed by atoms with E-state index in [0.29, 0.717) is 29.6 Å². The van der Waals surface area contributed by atoms with Gasteiger partial charge in [0.25, 0.3) is 5.91 Å². The number of hydrogen-bond acceptors (Lipinski definition) is 5. The molecule has 0 saturated carbocycles. The molecular formula is C28H30N4O3. The summed E-state index contributed by atoms with van der Waals surface area (Å²) in [5.41, 5.74) is 3.83. The monoisotopic (exact) mass is 470 g/mol. The van der Waals surface area contributed by atoms with Gasteiger partial charge in [0.05, 0.1) is 24.5 Å². The molecule has 1 saturated heterocycles. The number of nitrogens with zero attached hydrogens (tertiary/aromatic N) is 3. The van der Waals surface area contributed by atoms with E-state index in [4.69, 9.17) is 9.47 Å². The second-order valence-electron chi connectivity index (χ2n) is 9.02. The second-order valence-corrected chi connectivity index (χ2v) is 9.02. The van der Waals surface area contributed by atoms with E-state index in [1.54, 1.807) is 25.4 Å². The second kappa shape index (κ2) is 10.6. The van der Waals surface area contributed by atoms with E-state index >= 15 is 0 Å². The van der Waals surface area contributed by atoms with Gasteiger partial charge in [0.1, 0.15) is 6.61 Å². The first-order valence-corrected chi connectivity index (χ1v) is 12.1. The molecule has 0 bridgehead atoms. The normalized spacial score (nSPS) is 16.1. The molecule has 180 valence electrons. The fourth-order valence-electron chi connectivity index (χ4n) is 4.83. The number of H-pyrrole nitrogens is 1. The zero-order chi connectivity index (χ0) is 24.0. The molecule has 0 spiro atoms. The third-order valence-corrected chi connectivity index (χ3v) is 6.73. The molecule has 7 heteroatoms. The van der Waals surface area contributed by atoms with Crippen molar-refractivity contribution in [2.45, 2.75) is 32.3 Å². The number of fused-ring (bicyclic) bond motifs is 1. The number of carbonyl (C=O) groups excluding carboxylic acids is 1. The molecule has 35 heavy (non-hydrogen) atoms. The summed E-state index contributed by atoms with van der Waals surface area (Å²) in [4.78, 5) is 19.7. The topological polar surface area (TPSA) is 80.3 Å². The number of amides is 1. The van der Waals surface area contributed by atoms with E-state index < -0.39 is 0 Å². The number of aromatic nitrogens is 3. The molecular weight excluding hydrogens is 440 g/mol. The van der Waals surface area contributed by atoms with Gasteiger partial charge in [0.2, 0.25) is 0 Å². The van der Waals surface area contributed by atoms with Crippen LogP contribution in [-0.2, 0) is 13.0 Å². The number of aromatic amines is 1. The Morgan fingerprint density at radius 2 is 2.03 bits per heavy atom. The van der Waals surface area contributed by atoms with Gasteiger partial charge >= 0.3 is 0 Å². The van der Waals surface area contributed by atoms with Crippen molar-refractivity contribution in [3.8, 4) is 11.5 Å². The number of pyridine rings is 1. The van der Waals surface area contributed by atoms with Crippen molar-refractivity contribution in [3.63, 3.8) is 0 Å². The fraction of sp³-hybridized carbons (Fsp3) is 0.321. The first kappa shape index (κ1) is 22.9. The van der Waals surface area contributed by atoms with Crippen LogP contribution < -0.4 is 9.47 Å². The van der Waals surface area contributed by atoms with Crippen molar-refractivity contribution in [1.29, 1.82) is 0 Å². The summed E-state index contributed by atoms with van der Waals surface area (Å²) in [6.45, 7) is 1.83. The molecule has 2 aromatic carbocycles. The highest BCUT2D eigenvalue weighted by molar-refractivity contribution is 5.95. The highest BCUT2D eigenvalue weighted by Crippen LogP contribution is 2.30. The SMILES string of the molecule is COc1ccc(C(=O)N2CCC[C@@H](Cc3cccc4[nH]ncc34)CC2)cc1OCc1ccccn1. The Kier molecular flexibility index (Phi) is 6.93. The molecule has 0 aliphatic carbocycles. The first-order valence-electron chi connectivity index (χ1n) is 12.1. The van der Waals surface area contributed by atoms with E-state index in [2.05, 4.69) is 33.4 Å². The molecule has 1 N–H and O–H groups in total. The predicted octanol–water partition coefficient (Wildman–Crippen LogP) is 5.03. The van der Waals surface area contributed by atoms with Gasteiger partial charge in [-0.15, -0.1) is 0 Å². The maximum atomic E-state index is 13.4. The Labute approximate surface area is 205 Å². The number of methoxy groups -OCH3 is 1. The maximum absolute atomic E-state index is 13.4. The van der Waals surface area contributed by atoms with Gasteiger partial charge in [-0.1, -0.05) is 18.2 Å². The van der Waals surface area contributed by atoms with Gasteiger partial charge in [-0.2, -0.15) is 5.10 Å². The Balaban J connectivity index is 1.24. The van der Waals surface area contributed by atoms with Crippen molar-refractivity contribution in [2.24, 2.45) is 5.92 Å². The van der Waals surface area contributed by atoms with E-state index in [9.17, 15) is 4.79 Å². The van der Waals surface area contributed by atoms with Gasteiger partial charge in [-0.3, -0.25) is 14.9 Å². The lowest BCUT2D eigenvalue weighted by atomic mass is 9.91. The molecule has 5 rings (SSSR count). The Morgan fingerprint density at radius 3 is 2.89 bits per heavy atom. The third kappa shape index (κ3) is 5.29. The van der Waals surface area contributed by atoms with Crippen LogP contribution >= 0.6 is 0 Å². The van der Waals surface area contributed by atoms with E-state index in [-0.39, 0.29) is 5.91 Å². The first-order chi connectivity index (χ1) is 17.2. The quantitative estimate of drug-likeness (QED) is 0.410. The summed E-state index contributed by atoms with van der Waals surface area (Å²) in [5.74, 6) is 1.72. The minimum atomic E-state index is 0.0351. The largest absolute Gasteiger partial charge is 0.493 e. The molecule has 0 unspecified atom stereocenters. The summed E-state index contributed by atoms with van der Waals surface area (Å²) in [6, 6.07) is 17.4. The average molecular weight is 471 g/mol. The van der Waals surface area contributed by atoms with Crippen LogP contribution in [0.25, 0.3) is 10.9 Å². The summed E-state index contributed by atoms with van der Waals surface area (Å²) in [7, 11) is 1.60. The van der Waals surface area contributed by atoms with Gasteiger partial charge in [0, 0.05) is 30.2 Å². The number of ether oxygens (including phenoxy) is 2. The summed E-state index contributed by atoms with van der Waals surface area (Å²) < 4.78 is 11.4. The number of rotatable bonds is 7. The summed E-state index contributed by atoms with van der Waals surface area (Å²) >= 11 is 0. The minimum Gasteiger partial charge on any atom is -0.493 e. The average Bonchev–Trinajstić information content (AvgIpc) is 3.27. The smallest absolute Gasteiger partial charge is 0.253 e. The predicted molar refractivity (Wildman–Crippen MR) is 135 cm³/mol. The van der Waals surface area contributed by atoms with Crippen molar-refractivity contribution < 1.29 is 14.3 Å². The highest BCUT2D eigenvalue weighted by Gasteiger charge is 2.23. The van der Waals surface area contributed by atoms with Crippen LogP contribution in [-0.4, -0.2) is 46.2 Å². The highest BCUT2D eigenvalue weighted by atomic mass is 16.5. The molecule has 1 aliphatic heterocycles. The molecule has 0 radical (unpaired) electrons. The molecule has 1 aliphatic rings. The molecule has 1 fully saturated rings. The molecule has 1 atom stereocenters. The fourth-order valence-corrected chi connectivity index (χ4v) is 4.83. The van der Waals surface area contributed by atoms with Crippen LogP contribution in [0.4, 0.5) is 0 Å². The van der Waals surface area contributed by atoms with Crippen LogP contribution in [0, 0.1) is 5.92 Å². The van der Waals surface area contributed by atoms with Crippen molar-refractivity contribution >= 4 is 16.8 Å². The van der Waals surface area contributed by atoms with Crippen LogP contribution in [0.5, 0.6) is 11.5 Å². The van der Waals surface area contributed by atoms with Crippen molar-refractivity contribution in [1.82, 2.24) is 20.1 Å². The van der Waals surface area contributed by atoms with Crippen LogP contribution in [0.3, 0.4) is 0 Å². The standard InChI is InChI=1S/C28H30N4O3/c1-34-26-11-10-22(17-27(26)35-19-23-8-2-3-13-29-23)28(33)32-14-5-6-20(12-15-32)16-21-7-4-9-25-24(21)18-30-31-25/h2-4,7-11,13,17-18,20H,5-6,12,14-16,19H2,1H3,(H,30,31)/t20-/m1/s1. The zero-order valence-electron chi connectivity index (χ0n) is 19.9. The summed E-state index contributed by atoms with van der Waals surface area (Å²) in [5, 5.41) is 8.44. The Hall–Kier alpha value is -3.87. The van der Waals surface area contributed by atoms with Gasteiger partial charge in [-0.25, -0.2) is 0 Å². The molecule has 4 aromatic rings. The van der Waals surface area contributed by atoms with Gasteiger partial charge in [0.15, 0.2) is 11.5 Å². The van der Waals surface area contributed by atoms with E-state index in [1.807, 2.05) is 35.4 Å². The molecule has 3 heterocycles. The Bertz CT molecular complexity index is 1290. The number of benzene rings is 2. The van der Waals surface area contributed by atoms with E-state index in [1.165, 1.54) is 10.9 Å². The van der Waals surface area contributed by atoms with Gasteiger partial charge in [-0.05, 0) is 73.6 Å². The molecule has 1 amide bonds. The van der Waals surface area contributed by atoms with Crippen LogP contribution in [0.1, 0.15) is 40.9 Å². The molecule has 7 nitrogen and oxygen atoms in total. The Morgan fingerprint density at radius 1 is 1.09 bits per heavy atom. The molecule has 2 aromatic heterocycles. The number of carbonyl (C=O) groups is 1. The number of nitrogens with one attached hydrogen (secondary N) is 1. The lowest BCUT2D eigenvalue weighted by Gasteiger charge is -2.21. The van der Waals surface area contributed by atoms with Crippen molar-refractivity contribution in [2.75, 3.05) is 20.2 Å². The lowest BCUT2D eigenvalue weighted by Crippen LogP contribution is -2.32. The van der Waals surface area contributed by atoms with E-state index in [0.717, 1.165) is 50.0 Å². The van der Waals surface area contributed by atoms with Crippen molar-refractivity contribution in [3.05, 3.63) is 83.8 Å². The minimum absolute atomic E-state index is 0.0351. The lowest BCUT2D eigenvalue weighted by molar-refractivity contribution is 0.0759. The van der Waals surface area contributed by atoms with Crippen LogP contribution in [0.2, 0.25) is 0 Å².